The zero-order valence-electron chi connectivity index (χ0n) is 17.5. The maximum atomic E-state index is 14.8. The predicted octanol–water partition coefficient (Wildman–Crippen LogP) is 7.50. The summed E-state index contributed by atoms with van der Waals surface area (Å²) in [6.07, 6.45) is 9.11. The second-order valence-electron chi connectivity index (χ2n) is 9.17. The minimum Gasteiger partial charge on any atom is -0.299 e. The normalized spacial score (nSPS) is 22.4. The molecule has 0 amide bonds. The highest BCUT2D eigenvalue weighted by Crippen LogP contribution is 2.39. The second kappa shape index (κ2) is 8.95. The Labute approximate surface area is 176 Å². The number of hydrogen-bond donors (Lipinski definition) is 0. The molecule has 0 atom stereocenters. The molecule has 0 saturated heterocycles. The Bertz CT molecular complexity index is 899. The molecule has 30 heavy (non-hydrogen) atoms. The van der Waals surface area contributed by atoms with Crippen molar-refractivity contribution in [2.45, 2.75) is 70.6 Å². The van der Waals surface area contributed by atoms with E-state index in [9.17, 15) is 18.0 Å². The van der Waals surface area contributed by atoms with Gasteiger partial charge in [-0.3, -0.25) is 4.79 Å². The Kier molecular flexibility index (Phi) is 6.31. The van der Waals surface area contributed by atoms with Crippen LogP contribution in [0.15, 0.2) is 30.3 Å². The van der Waals surface area contributed by atoms with Gasteiger partial charge in [0.2, 0.25) is 0 Å². The van der Waals surface area contributed by atoms with Crippen LogP contribution in [0.2, 0.25) is 0 Å². The SMILES string of the molecule is Cc1c(F)cc(-c2ccc(C3CCC(CC(=O)C4CCCC4)CC3)cc2F)cc1F. The highest BCUT2D eigenvalue weighted by molar-refractivity contribution is 5.81. The smallest absolute Gasteiger partial charge is 0.136 e. The zero-order chi connectivity index (χ0) is 21.3. The lowest BCUT2D eigenvalue weighted by molar-refractivity contribution is -0.123. The van der Waals surface area contributed by atoms with Gasteiger partial charge in [0, 0.05) is 23.5 Å². The molecule has 0 aromatic heterocycles. The molecular formula is C26H29F3O. The Hall–Kier alpha value is -2.10. The molecule has 2 aromatic rings. The first-order valence-electron chi connectivity index (χ1n) is 11.2. The van der Waals surface area contributed by atoms with Gasteiger partial charge in [0.15, 0.2) is 0 Å². The maximum Gasteiger partial charge on any atom is 0.136 e. The summed E-state index contributed by atoms with van der Waals surface area (Å²) in [5.41, 5.74) is 1.31. The van der Waals surface area contributed by atoms with Crippen molar-refractivity contribution in [1.82, 2.24) is 0 Å². The summed E-state index contributed by atoms with van der Waals surface area (Å²) in [5.74, 6) is -0.314. The Morgan fingerprint density at radius 2 is 1.50 bits per heavy atom. The summed E-state index contributed by atoms with van der Waals surface area (Å²) in [6, 6.07) is 7.39. The Morgan fingerprint density at radius 1 is 0.867 bits per heavy atom. The molecule has 0 N–H and O–H groups in total. The van der Waals surface area contributed by atoms with Crippen LogP contribution in [-0.2, 0) is 4.79 Å². The van der Waals surface area contributed by atoms with E-state index >= 15 is 0 Å². The fourth-order valence-corrected chi connectivity index (χ4v) is 5.22. The van der Waals surface area contributed by atoms with Crippen molar-refractivity contribution in [3.05, 3.63) is 58.9 Å². The van der Waals surface area contributed by atoms with E-state index in [1.807, 2.05) is 6.07 Å². The molecule has 4 rings (SSSR count). The topological polar surface area (TPSA) is 17.1 Å². The highest BCUT2D eigenvalue weighted by Gasteiger charge is 2.28. The summed E-state index contributed by atoms with van der Waals surface area (Å²) in [5, 5.41) is 0. The van der Waals surface area contributed by atoms with Crippen LogP contribution in [0.3, 0.4) is 0 Å². The fraction of sp³-hybridized carbons (Fsp3) is 0.500. The van der Waals surface area contributed by atoms with E-state index < -0.39 is 17.5 Å². The number of hydrogen-bond acceptors (Lipinski definition) is 1. The molecule has 2 aliphatic carbocycles. The summed E-state index contributed by atoms with van der Waals surface area (Å²) >= 11 is 0. The lowest BCUT2D eigenvalue weighted by atomic mass is 9.76. The Morgan fingerprint density at radius 3 is 2.10 bits per heavy atom. The molecule has 160 valence electrons. The number of carbonyl (C=O) groups is 1. The van der Waals surface area contributed by atoms with Crippen LogP contribution >= 0.6 is 0 Å². The van der Waals surface area contributed by atoms with Crippen LogP contribution in [0.4, 0.5) is 13.2 Å². The van der Waals surface area contributed by atoms with Gasteiger partial charge < -0.3 is 0 Å². The number of carbonyl (C=O) groups excluding carboxylic acids is 1. The van der Waals surface area contributed by atoms with E-state index in [0.29, 0.717) is 24.0 Å². The van der Waals surface area contributed by atoms with Gasteiger partial charge in [-0.25, -0.2) is 13.2 Å². The third-order valence-electron chi connectivity index (χ3n) is 7.20. The second-order valence-corrected chi connectivity index (χ2v) is 9.17. The van der Waals surface area contributed by atoms with E-state index in [1.165, 1.54) is 38.0 Å². The summed E-state index contributed by atoms with van der Waals surface area (Å²) in [6.45, 7) is 1.37. The molecule has 0 radical (unpaired) electrons. The van der Waals surface area contributed by atoms with Gasteiger partial charge in [0.05, 0.1) is 0 Å². The fourth-order valence-electron chi connectivity index (χ4n) is 5.22. The predicted molar refractivity (Wildman–Crippen MR) is 113 cm³/mol. The van der Waals surface area contributed by atoms with Gasteiger partial charge >= 0.3 is 0 Å². The number of Topliss-reactive ketones (excluding diaryl/α,β-unsaturated/α-hetero) is 1. The van der Waals surface area contributed by atoms with E-state index in [0.717, 1.165) is 44.1 Å². The molecule has 0 spiro atoms. The lowest BCUT2D eigenvalue weighted by Crippen LogP contribution is -2.20. The first kappa shape index (κ1) is 21.1. The molecule has 0 unspecified atom stereocenters. The van der Waals surface area contributed by atoms with Crippen LogP contribution in [0.5, 0.6) is 0 Å². The molecule has 0 bridgehead atoms. The van der Waals surface area contributed by atoms with Gasteiger partial charge in [-0.1, -0.05) is 25.0 Å². The van der Waals surface area contributed by atoms with Crippen molar-refractivity contribution in [2.24, 2.45) is 11.8 Å². The lowest BCUT2D eigenvalue weighted by Gasteiger charge is -2.29. The van der Waals surface area contributed by atoms with Crippen molar-refractivity contribution in [2.75, 3.05) is 0 Å². The van der Waals surface area contributed by atoms with E-state index in [-0.39, 0.29) is 22.6 Å². The number of halogens is 3. The third-order valence-corrected chi connectivity index (χ3v) is 7.20. The van der Waals surface area contributed by atoms with E-state index in [2.05, 4.69) is 0 Å². The highest BCUT2D eigenvalue weighted by atomic mass is 19.1. The molecule has 0 aliphatic heterocycles. The van der Waals surface area contributed by atoms with Crippen molar-refractivity contribution in [3.8, 4) is 11.1 Å². The molecular weight excluding hydrogens is 385 g/mol. The molecule has 2 fully saturated rings. The standard InChI is InChI=1S/C26H29F3O/c1-16-23(27)14-21(15-24(16)28)22-11-10-20(13-25(22)29)18-8-6-17(7-9-18)12-26(30)19-4-2-3-5-19/h10-11,13-15,17-19H,2-9,12H2,1H3. The maximum absolute atomic E-state index is 14.8. The van der Waals surface area contributed by atoms with Crippen LogP contribution in [0.1, 0.15) is 74.8 Å². The van der Waals surface area contributed by atoms with E-state index in [1.54, 1.807) is 6.07 Å². The molecule has 2 aromatic carbocycles. The van der Waals surface area contributed by atoms with Gasteiger partial charge in [-0.15, -0.1) is 0 Å². The first-order chi connectivity index (χ1) is 14.4. The van der Waals surface area contributed by atoms with Crippen molar-refractivity contribution in [3.63, 3.8) is 0 Å². The summed E-state index contributed by atoms with van der Waals surface area (Å²) in [4.78, 5) is 12.4. The summed E-state index contributed by atoms with van der Waals surface area (Å²) < 4.78 is 42.5. The number of ketones is 1. The van der Waals surface area contributed by atoms with Crippen molar-refractivity contribution < 1.29 is 18.0 Å². The monoisotopic (exact) mass is 414 g/mol. The van der Waals surface area contributed by atoms with Crippen LogP contribution in [0, 0.1) is 36.2 Å². The van der Waals surface area contributed by atoms with Gasteiger partial charge in [-0.2, -0.15) is 0 Å². The minimum atomic E-state index is -0.668. The summed E-state index contributed by atoms with van der Waals surface area (Å²) in [7, 11) is 0. The zero-order valence-corrected chi connectivity index (χ0v) is 17.5. The van der Waals surface area contributed by atoms with Crippen LogP contribution in [-0.4, -0.2) is 5.78 Å². The average Bonchev–Trinajstić information content (AvgIpc) is 3.27. The van der Waals surface area contributed by atoms with Crippen molar-refractivity contribution >= 4 is 5.78 Å². The molecule has 2 aliphatic rings. The Balaban J connectivity index is 1.40. The van der Waals surface area contributed by atoms with Gasteiger partial charge in [0.25, 0.3) is 0 Å². The third kappa shape index (κ3) is 4.48. The molecule has 2 saturated carbocycles. The van der Waals surface area contributed by atoms with E-state index in [4.69, 9.17) is 0 Å². The molecule has 1 nitrogen and oxygen atoms in total. The van der Waals surface area contributed by atoms with Crippen LogP contribution in [0.25, 0.3) is 11.1 Å². The minimum absolute atomic E-state index is 0.0565. The quantitative estimate of drug-likeness (QED) is 0.495. The van der Waals surface area contributed by atoms with Crippen molar-refractivity contribution in [1.29, 1.82) is 0 Å². The largest absolute Gasteiger partial charge is 0.299 e. The molecule has 0 heterocycles. The van der Waals surface area contributed by atoms with Gasteiger partial charge in [-0.05, 0) is 86.6 Å². The molecule has 4 heteroatoms. The average molecular weight is 415 g/mol. The number of benzene rings is 2. The first-order valence-corrected chi connectivity index (χ1v) is 11.2. The number of rotatable bonds is 5. The van der Waals surface area contributed by atoms with Crippen LogP contribution < -0.4 is 0 Å². The van der Waals surface area contributed by atoms with Gasteiger partial charge in [0.1, 0.15) is 23.2 Å².